The Morgan fingerprint density at radius 1 is 1.13 bits per heavy atom. The summed E-state index contributed by atoms with van der Waals surface area (Å²) in [7, 11) is -1.82. The maximum absolute atomic E-state index is 12.8. The highest BCUT2D eigenvalue weighted by molar-refractivity contribution is 7.89. The predicted molar refractivity (Wildman–Crippen MR) is 115 cm³/mol. The van der Waals surface area contributed by atoms with E-state index in [1.165, 1.54) is 19.1 Å². The molecule has 2 N–H and O–H groups in total. The quantitative estimate of drug-likeness (QED) is 0.603. The van der Waals surface area contributed by atoms with Crippen LogP contribution in [0.15, 0.2) is 64.0 Å². The van der Waals surface area contributed by atoms with Gasteiger partial charge in [0.1, 0.15) is 0 Å². The van der Waals surface area contributed by atoms with Crippen molar-refractivity contribution in [2.24, 2.45) is 0 Å². The lowest BCUT2D eigenvalue weighted by molar-refractivity contribution is -0.114. The average molecular weight is 442 g/mol. The second-order valence-electron chi connectivity index (χ2n) is 7.54. The lowest BCUT2D eigenvalue weighted by Gasteiger charge is -2.14. The number of rotatable bonds is 6. The smallest absolute Gasteiger partial charge is 0.244 e. The first-order valence-corrected chi connectivity index (χ1v) is 11.3. The molecule has 0 spiro atoms. The first-order valence-electron chi connectivity index (χ1n) is 9.81. The van der Waals surface area contributed by atoms with Gasteiger partial charge in [-0.15, -0.1) is 0 Å². The molecule has 0 unspecified atom stereocenters. The van der Waals surface area contributed by atoms with E-state index in [9.17, 15) is 13.2 Å². The van der Waals surface area contributed by atoms with Gasteiger partial charge in [0.15, 0.2) is 0 Å². The van der Waals surface area contributed by atoms with Crippen LogP contribution in [0.1, 0.15) is 25.3 Å². The van der Waals surface area contributed by atoms with Crippen molar-refractivity contribution in [1.82, 2.24) is 19.8 Å². The Morgan fingerprint density at radius 2 is 1.84 bits per heavy atom. The van der Waals surface area contributed by atoms with Gasteiger partial charge in [-0.1, -0.05) is 35.5 Å². The Hall–Kier alpha value is -3.08. The maximum atomic E-state index is 12.8. The number of benzene rings is 2. The van der Waals surface area contributed by atoms with Crippen molar-refractivity contribution < 1.29 is 17.7 Å². The molecule has 1 aliphatic heterocycles. The molecule has 10 heteroatoms. The number of nitrogens with zero attached hydrogens (tertiary/aromatic N) is 3. The number of anilines is 1. The van der Waals surface area contributed by atoms with Crippen molar-refractivity contribution in [2.45, 2.75) is 30.3 Å². The average Bonchev–Trinajstić information content (AvgIpc) is 3.35. The van der Waals surface area contributed by atoms with Crippen LogP contribution in [0, 0.1) is 0 Å². The van der Waals surface area contributed by atoms with Crippen LogP contribution >= 0.6 is 0 Å². The van der Waals surface area contributed by atoms with E-state index in [-0.39, 0.29) is 22.9 Å². The van der Waals surface area contributed by atoms with Crippen molar-refractivity contribution in [3.8, 4) is 11.4 Å². The normalized spacial score (nSPS) is 19.4. The number of likely N-dealkylation sites (N-methyl/N-ethyl adjacent to an activating group) is 1. The second-order valence-corrected chi connectivity index (χ2v) is 9.25. The molecular formula is C21H23N5O4S. The van der Waals surface area contributed by atoms with E-state index in [4.69, 9.17) is 4.52 Å². The van der Waals surface area contributed by atoms with Gasteiger partial charge in [0.05, 0.1) is 10.9 Å². The molecule has 2 atom stereocenters. The van der Waals surface area contributed by atoms with Gasteiger partial charge in [-0.3, -0.25) is 9.69 Å². The molecular weight excluding hydrogens is 418 g/mol. The minimum absolute atomic E-state index is 0.136. The van der Waals surface area contributed by atoms with Crippen LogP contribution in [0.25, 0.3) is 11.4 Å². The summed E-state index contributed by atoms with van der Waals surface area (Å²) in [6.07, 6.45) is 0.510. The molecule has 0 radical (unpaired) electrons. The highest BCUT2D eigenvalue weighted by atomic mass is 32.2. The number of hydrogen-bond donors (Lipinski definition) is 2. The summed E-state index contributed by atoms with van der Waals surface area (Å²) in [6, 6.07) is 15.1. The number of likely N-dealkylation sites (tertiary alicyclic amines) is 1. The van der Waals surface area contributed by atoms with Crippen LogP contribution in [-0.4, -0.2) is 49.0 Å². The van der Waals surface area contributed by atoms with Gasteiger partial charge in [0, 0.05) is 30.8 Å². The molecule has 0 saturated carbocycles. The van der Waals surface area contributed by atoms with E-state index in [0.717, 1.165) is 5.56 Å². The van der Waals surface area contributed by atoms with Gasteiger partial charge in [-0.2, -0.15) is 4.98 Å². The van der Waals surface area contributed by atoms with Crippen LogP contribution in [-0.2, 0) is 14.8 Å². The molecule has 0 bridgehead atoms. The van der Waals surface area contributed by atoms with Gasteiger partial charge >= 0.3 is 0 Å². The zero-order chi connectivity index (χ0) is 22.0. The number of carbonyl (C=O) groups excluding carboxylic acids is 1. The Morgan fingerprint density at radius 3 is 2.52 bits per heavy atom. The highest BCUT2D eigenvalue weighted by Crippen LogP contribution is 2.31. The van der Waals surface area contributed by atoms with E-state index < -0.39 is 10.0 Å². The van der Waals surface area contributed by atoms with Crippen molar-refractivity contribution in [2.75, 3.05) is 18.9 Å². The molecule has 9 nitrogen and oxygen atoms in total. The van der Waals surface area contributed by atoms with Gasteiger partial charge in [0.2, 0.25) is 27.6 Å². The standard InChI is InChI=1S/C21H23N5O4S/c1-14(27)22-16-8-10-18(11-9-16)31(28,29)25-17-12-19(26(2)13-17)21-23-20(24-30-21)15-6-4-3-5-7-15/h3-11,17,19,25H,12-13H2,1-2H3,(H,22,27)/t17-,19-/m0/s1. The van der Waals surface area contributed by atoms with Crippen molar-refractivity contribution >= 4 is 21.6 Å². The van der Waals surface area contributed by atoms with Crippen LogP contribution in [0.2, 0.25) is 0 Å². The Kier molecular flexibility index (Phi) is 5.86. The van der Waals surface area contributed by atoms with Crippen molar-refractivity contribution in [3.05, 3.63) is 60.5 Å². The van der Waals surface area contributed by atoms with Crippen LogP contribution in [0.5, 0.6) is 0 Å². The van der Waals surface area contributed by atoms with Crippen molar-refractivity contribution in [3.63, 3.8) is 0 Å². The SMILES string of the molecule is CC(=O)Nc1ccc(S(=O)(=O)N[C@H]2C[C@@H](c3nc(-c4ccccc4)no3)N(C)C2)cc1. The lowest BCUT2D eigenvalue weighted by atomic mass is 10.2. The molecule has 1 fully saturated rings. The number of hydrogen-bond acceptors (Lipinski definition) is 7. The third-order valence-electron chi connectivity index (χ3n) is 5.11. The summed E-state index contributed by atoms with van der Waals surface area (Å²) in [5.74, 6) is 0.750. The Bertz CT molecular complexity index is 1160. The second kappa shape index (κ2) is 8.58. The summed E-state index contributed by atoms with van der Waals surface area (Å²) >= 11 is 0. The van der Waals surface area contributed by atoms with Crippen LogP contribution < -0.4 is 10.0 Å². The minimum atomic E-state index is -3.71. The van der Waals surface area contributed by atoms with E-state index in [2.05, 4.69) is 20.2 Å². The summed E-state index contributed by atoms with van der Waals surface area (Å²) < 4.78 is 33.8. The number of sulfonamides is 1. The predicted octanol–water partition coefficient (Wildman–Crippen LogP) is 2.42. The van der Waals surface area contributed by atoms with E-state index in [0.29, 0.717) is 30.4 Å². The van der Waals surface area contributed by atoms with E-state index in [1.54, 1.807) is 12.1 Å². The van der Waals surface area contributed by atoms with Gasteiger partial charge in [-0.25, -0.2) is 13.1 Å². The Balaban J connectivity index is 1.44. The summed E-state index contributed by atoms with van der Waals surface area (Å²) in [5, 5.41) is 6.68. The first kappa shape index (κ1) is 21.2. The third-order valence-corrected chi connectivity index (χ3v) is 6.65. The molecule has 1 aliphatic rings. The molecule has 1 amide bonds. The largest absolute Gasteiger partial charge is 0.337 e. The Labute approximate surface area is 180 Å². The molecule has 31 heavy (non-hydrogen) atoms. The molecule has 4 rings (SSSR count). The maximum Gasteiger partial charge on any atom is 0.244 e. The molecule has 1 aromatic heterocycles. The van der Waals surface area contributed by atoms with Gasteiger partial charge in [0.25, 0.3) is 0 Å². The molecule has 0 aliphatic carbocycles. The van der Waals surface area contributed by atoms with Crippen molar-refractivity contribution in [1.29, 1.82) is 0 Å². The number of aromatic nitrogens is 2. The number of carbonyl (C=O) groups is 1. The lowest BCUT2D eigenvalue weighted by Crippen LogP contribution is -2.36. The monoisotopic (exact) mass is 441 g/mol. The number of nitrogens with one attached hydrogen (secondary N) is 2. The molecule has 2 heterocycles. The van der Waals surface area contributed by atoms with Gasteiger partial charge in [-0.05, 0) is 37.7 Å². The summed E-state index contributed by atoms with van der Waals surface area (Å²) in [4.78, 5) is 17.8. The zero-order valence-corrected chi connectivity index (χ0v) is 18.0. The first-order chi connectivity index (χ1) is 14.8. The fraction of sp³-hybridized carbons (Fsp3) is 0.286. The van der Waals surface area contributed by atoms with Crippen LogP contribution in [0.3, 0.4) is 0 Å². The van der Waals surface area contributed by atoms with E-state index >= 15 is 0 Å². The fourth-order valence-corrected chi connectivity index (χ4v) is 4.90. The fourth-order valence-electron chi connectivity index (χ4n) is 3.66. The molecule has 162 valence electrons. The minimum Gasteiger partial charge on any atom is -0.337 e. The highest BCUT2D eigenvalue weighted by Gasteiger charge is 2.36. The third kappa shape index (κ3) is 4.82. The number of amides is 1. The topological polar surface area (TPSA) is 117 Å². The molecule has 3 aromatic rings. The zero-order valence-electron chi connectivity index (χ0n) is 17.1. The molecule has 1 saturated heterocycles. The van der Waals surface area contributed by atoms with Gasteiger partial charge < -0.3 is 9.84 Å². The van der Waals surface area contributed by atoms with E-state index in [1.807, 2.05) is 42.3 Å². The van der Waals surface area contributed by atoms with Crippen LogP contribution in [0.4, 0.5) is 5.69 Å². The summed E-state index contributed by atoms with van der Waals surface area (Å²) in [6.45, 7) is 1.91. The molecule has 2 aromatic carbocycles. The summed E-state index contributed by atoms with van der Waals surface area (Å²) in [5.41, 5.74) is 1.40.